The van der Waals surface area contributed by atoms with Gasteiger partial charge in [0, 0.05) is 7.05 Å². The van der Waals surface area contributed by atoms with Gasteiger partial charge >= 0.3 is 12.3 Å². The van der Waals surface area contributed by atoms with Gasteiger partial charge in [0.15, 0.2) is 6.61 Å². The van der Waals surface area contributed by atoms with Gasteiger partial charge in [-0.05, 0) is 5.41 Å². The number of hydrogen-bond acceptors (Lipinski definition) is 3. The molecule has 0 unspecified atom stereocenters. The number of alkyl carbamates (subject to hydrolysis) is 1. The molecule has 0 radical (unpaired) electrons. The van der Waals surface area contributed by atoms with Crippen molar-refractivity contribution >= 4 is 12.0 Å². The molecule has 2 amide bonds. The number of halogens is 3. The SMILES string of the molecule is CNC(=O)[C@@H](NC(=O)OCC(F)(F)F)C(C)(C)C. The molecule has 1 atom stereocenters. The van der Waals surface area contributed by atoms with Gasteiger partial charge in [-0.1, -0.05) is 20.8 Å². The van der Waals surface area contributed by atoms with Gasteiger partial charge in [-0.25, -0.2) is 4.79 Å². The second kappa shape index (κ2) is 5.92. The van der Waals surface area contributed by atoms with Crippen LogP contribution >= 0.6 is 0 Å². The molecule has 0 aliphatic rings. The molecule has 0 rings (SSSR count). The predicted octanol–water partition coefficient (Wildman–Crippen LogP) is 1.44. The van der Waals surface area contributed by atoms with E-state index in [1.807, 2.05) is 0 Å². The number of rotatable bonds is 3. The first-order valence-electron chi connectivity index (χ1n) is 5.19. The second-order valence-corrected chi connectivity index (χ2v) is 4.75. The summed E-state index contributed by atoms with van der Waals surface area (Å²) >= 11 is 0. The van der Waals surface area contributed by atoms with Gasteiger partial charge in [0.2, 0.25) is 5.91 Å². The summed E-state index contributed by atoms with van der Waals surface area (Å²) in [5.41, 5.74) is -0.655. The molecule has 0 bridgehead atoms. The van der Waals surface area contributed by atoms with Crippen LogP contribution in [-0.2, 0) is 9.53 Å². The molecule has 0 fully saturated rings. The topological polar surface area (TPSA) is 67.4 Å². The number of amides is 2. The zero-order valence-corrected chi connectivity index (χ0v) is 10.6. The van der Waals surface area contributed by atoms with Gasteiger partial charge in [-0.2, -0.15) is 13.2 Å². The third kappa shape index (κ3) is 6.31. The minimum atomic E-state index is -4.60. The van der Waals surface area contributed by atoms with Crippen molar-refractivity contribution in [3.8, 4) is 0 Å². The van der Waals surface area contributed by atoms with Crippen molar-refractivity contribution in [3.63, 3.8) is 0 Å². The van der Waals surface area contributed by atoms with E-state index < -0.39 is 36.2 Å². The standard InChI is InChI=1S/C10H17F3N2O3/c1-9(2,3)6(7(16)14-4)15-8(17)18-5-10(11,12)13/h6H,5H2,1-4H3,(H,14,16)(H,15,17)/t6-/m1/s1. The van der Waals surface area contributed by atoms with Crippen LogP contribution in [0.2, 0.25) is 0 Å². The van der Waals surface area contributed by atoms with E-state index in [1.54, 1.807) is 20.8 Å². The molecule has 0 aliphatic heterocycles. The van der Waals surface area contributed by atoms with Crippen LogP contribution < -0.4 is 10.6 Å². The molecule has 0 aliphatic carbocycles. The largest absolute Gasteiger partial charge is 0.440 e. The highest BCUT2D eigenvalue weighted by atomic mass is 19.4. The van der Waals surface area contributed by atoms with E-state index in [2.05, 4.69) is 15.4 Å². The monoisotopic (exact) mass is 270 g/mol. The first kappa shape index (κ1) is 16.5. The smallest absolute Gasteiger partial charge is 0.422 e. The molecule has 0 spiro atoms. The Morgan fingerprint density at radius 1 is 1.22 bits per heavy atom. The molecule has 0 aromatic carbocycles. The summed E-state index contributed by atoms with van der Waals surface area (Å²) in [5.74, 6) is -0.508. The number of nitrogens with one attached hydrogen (secondary N) is 2. The van der Waals surface area contributed by atoms with Crippen LogP contribution in [-0.4, -0.2) is 37.9 Å². The van der Waals surface area contributed by atoms with Crippen molar-refractivity contribution < 1.29 is 27.5 Å². The zero-order valence-electron chi connectivity index (χ0n) is 10.6. The van der Waals surface area contributed by atoms with Crippen LogP contribution in [0.5, 0.6) is 0 Å². The van der Waals surface area contributed by atoms with Crippen LogP contribution in [0.15, 0.2) is 0 Å². The Balaban J connectivity index is 4.52. The highest BCUT2D eigenvalue weighted by Gasteiger charge is 2.34. The summed E-state index contributed by atoms with van der Waals surface area (Å²) in [5, 5.41) is 4.42. The third-order valence-electron chi connectivity index (χ3n) is 2.00. The number of carbonyl (C=O) groups is 2. The van der Waals surface area contributed by atoms with E-state index in [9.17, 15) is 22.8 Å². The molecular weight excluding hydrogens is 253 g/mol. The summed E-state index contributed by atoms with van der Waals surface area (Å²) in [6, 6.07) is -0.983. The summed E-state index contributed by atoms with van der Waals surface area (Å²) in [4.78, 5) is 22.6. The molecule has 0 saturated carbocycles. The van der Waals surface area contributed by atoms with Crippen molar-refractivity contribution in [2.45, 2.75) is 33.0 Å². The molecule has 106 valence electrons. The van der Waals surface area contributed by atoms with Crippen molar-refractivity contribution in [1.82, 2.24) is 10.6 Å². The molecule has 0 heterocycles. The highest BCUT2D eigenvalue weighted by molar-refractivity contribution is 5.86. The highest BCUT2D eigenvalue weighted by Crippen LogP contribution is 2.20. The van der Waals surface area contributed by atoms with E-state index in [4.69, 9.17) is 0 Å². The molecule has 5 nitrogen and oxygen atoms in total. The van der Waals surface area contributed by atoms with Crippen LogP contribution in [0.3, 0.4) is 0 Å². The molecule has 8 heteroatoms. The predicted molar refractivity (Wildman–Crippen MR) is 57.8 cm³/mol. The van der Waals surface area contributed by atoms with Crippen LogP contribution in [0.1, 0.15) is 20.8 Å². The lowest BCUT2D eigenvalue weighted by atomic mass is 9.86. The lowest BCUT2D eigenvalue weighted by Gasteiger charge is -2.29. The van der Waals surface area contributed by atoms with E-state index in [0.717, 1.165) is 0 Å². The van der Waals surface area contributed by atoms with Gasteiger partial charge in [0.1, 0.15) is 6.04 Å². The molecule has 0 saturated heterocycles. The Labute approximate surface area is 103 Å². The Morgan fingerprint density at radius 3 is 2.06 bits per heavy atom. The summed E-state index contributed by atoms with van der Waals surface area (Å²) < 4.78 is 39.5. The first-order valence-corrected chi connectivity index (χ1v) is 5.19. The van der Waals surface area contributed by atoms with Crippen LogP contribution in [0.25, 0.3) is 0 Å². The van der Waals surface area contributed by atoms with E-state index in [1.165, 1.54) is 7.05 Å². The number of hydrogen-bond donors (Lipinski definition) is 2. The van der Waals surface area contributed by atoms with E-state index in [-0.39, 0.29) is 0 Å². The molecule has 0 aromatic rings. The van der Waals surface area contributed by atoms with Crippen molar-refractivity contribution in [2.75, 3.05) is 13.7 Å². The lowest BCUT2D eigenvalue weighted by Crippen LogP contribution is -2.53. The summed E-state index contributed by atoms with van der Waals surface area (Å²) in [7, 11) is 1.36. The normalized spacial score (nSPS) is 13.7. The average Bonchev–Trinajstić information content (AvgIpc) is 2.19. The van der Waals surface area contributed by atoms with Gasteiger partial charge in [-0.3, -0.25) is 4.79 Å². The summed E-state index contributed by atoms with van der Waals surface area (Å²) in [6.45, 7) is 3.30. The fraction of sp³-hybridized carbons (Fsp3) is 0.800. The Bertz CT molecular complexity index is 310. The minimum absolute atomic E-state index is 0.508. The quantitative estimate of drug-likeness (QED) is 0.815. The average molecular weight is 270 g/mol. The van der Waals surface area contributed by atoms with Gasteiger partial charge < -0.3 is 15.4 Å². The fourth-order valence-electron chi connectivity index (χ4n) is 1.13. The van der Waals surface area contributed by atoms with Gasteiger partial charge in [0.05, 0.1) is 0 Å². The Kier molecular flexibility index (Phi) is 5.44. The van der Waals surface area contributed by atoms with Gasteiger partial charge in [-0.15, -0.1) is 0 Å². The number of carbonyl (C=O) groups excluding carboxylic acids is 2. The third-order valence-corrected chi connectivity index (χ3v) is 2.00. The number of likely N-dealkylation sites (N-methyl/N-ethyl adjacent to an activating group) is 1. The van der Waals surface area contributed by atoms with Crippen molar-refractivity contribution in [2.24, 2.45) is 5.41 Å². The maximum atomic E-state index is 11.8. The van der Waals surface area contributed by atoms with Crippen LogP contribution in [0, 0.1) is 5.41 Å². The fourth-order valence-corrected chi connectivity index (χ4v) is 1.13. The molecule has 0 aromatic heterocycles. The zero-order chi connectivity index (χ0) is 14.6. The molecule has 2 N–H and O–H groups in total. The van der Waals surface area contributed by atoms with Crippen LogP contribution in [0.4, 0.5) is 18.0 Å². The maximum Gasteiger partial charge on any atom is 0.422 e. The maximum absolute atomic E-state index is 11.8. The Hall–Kier alpha value is -1.47. The van der Waals surface area contributed by atoms with E-state index in [0.29, 0.717) is 0 Å². The van der Waals surface area contributed by atoms with E-state index >= 15 is 0 Å². The Morgan fingerprint density at radius 2 is 1.72 bits per heavy atom. The van der Waals surface area contributed by atoms with Crippen molar-refractivity contribution in [3.05, 3.63) is 0 Å². The molecule has 18 heavy (non-hydrogen) atoms. The van der Waals surface area contributed by atoms with Gasteiger partial charge in [0.25, 0.3) is 0 Å². The lowest BCUT2D eigenvalue weighted by molar-refractivity contribution is -0.160. The number of ether oxygens (including phenoxy) is 1. The first-order chi connectivity index (χ1) is 7.97. The molecular formula is C10H17F3N2O3. The minimum Gasteiger partial charge on any atom is -0.440 e. The van der Waals surface area contributed by atoms with Crippen molar-refractivity contribution in [1.29, 1.82) is 0 Å². The second-order valence-electron chi connectivity index (χ2n) is 4.75. The number of alkyl halides is 3. The summed E-state index contributed by atoms with van der Waals surface area (Å²) in [6.07, 6.45) is -5.88.